The van der Waals surface area contributed by atoms with Crippen LogP contribution in [0, 0.1) is 6.92 Å². The third kappa shape index (κ3) is 6.62. The van der Waals surface area contributed by atoms with Crippen molar-refractivity contribution in [3.8, 4) is 5.75 Å². The van der Waals surface area contributed by atoms with Gasteiger partial charge < -0.3 is 15.2 Å². The summed E-state index contributed by atoms with van der Waals surface area (Å²) in [5.41, 5.74) is 1.10. The van der Waals surface area contributed by atoms with Crippen LogP contribution in [0.1, 0.15) is 31.7 Å². The van der Waals surface area contributed by atoms with E-state index in [1.807, 2.05) is 25.1 Å². The molecule has 1 aromatic rings. The summed E-state index contributed by atoms with van der Waals surface area (Å²) in [7, 11) is 0. The normalized spacial score (nSPS) is 11.8. The molecule has 1 atom stereocenters. The summed E-state index contributed by atoms with van der Waals surface area (Å²) >= 11 is 3.40. The summed E-state index contributed by atoms with van der Waals surface area (Å²) in [5.74, 6) is -0.408. The van der Waals surface area contributed by atoms with Crippen LogP contribution in [-0.2, 0) is 9.59 Å². The van der Waals surface area contributed by atoms with Gasteiger partial charge in [0.05, 0.1) is 4.47 Å². The fraction of sp³-hybridized carbons (Fsp3) is 0.467. The number of benzene rings is 1. The average molecular weight is 358 g/mol. The van der Waals surface area contributed by atoms with Crippen molar-refractivity contribution in [3.05, 3.63) is 28.2 Å². The molecule has 0 aliphatic rings. The van der Waals surface area contributed by atoms with E-state index in [0.29, 0.717) is 25.1 Å². The maximum Gasteiger partial charge on any atom is 0.303 e. The number of nitrogens with one attached hydrogen (secondary N) is 1. The Bertz CT molecular complexity index is 504. The van der Waals surface area contributed by atoms with Gasteiger partial charge in [-0.1, -0.05) is 6.07 Å². The van der Waals surface area contributed by atoms with Gasteiger partial charge in [0.15, 0.2) is 6.10 Å². The number of carbonyl (C=O) groups excluding carboxylic acids is 1. The van der Waals surface area contributed by atoms with Crippen LogP contribution in [0.3, 0.4) is 0 Å². The molecule has 1 amide bonds. The topological polar surface area (TPSA) is 75.6 Å². The van der Waals surface area contributed by atoms with Crippen molar-refractivity contribution in [2.75, 3.05) is 6.54 Å². The molecule has 1 unspecified atom stereocenters. The Labute approximate surface area is 132 Å². The molecule has 5 nitrogen and oxygen atoms in total. The lowest BCUT2D eigenvalue weighted by molar-refractivity contribution is -0.137. The number of hydrogen-bond donors (Lipinski definition) is 2. The minimum absolute atomic E-state index is 0.123. The van der Waals surface area contributed by atoms with Crippen molar-refractivity contribution in [1.82, 2.24) is 5.32 Å². The van der Waals surface area contributed by atoms with Gasteiger partial charge in [0.1, 0.15) is 5.75 Å². The monoisotopic (exact) mass is 357 g/mol. The van der Waals surface area contributed by atoms with Gasteiger partial charge in [-0.25, -0.2) is 0 Å². The number of carboxylic acids is 1. The van der Waals surface area contributed by atoms with E-state index in [1.165, 1.54) is 0 Å². The zero-order valence-electron chi connectivity index (χ0n) is 12.2. The summed E-state index contributed by atoms with van der Waals surface area (Å²) in [6.07, 6.45) is 0.703. The molecule has 0 aliphatic carbocycles. The van der Waals surface area contributed by atoms with Crippen LogP contribution in [0.2, 0.25) is 0 Å². The second-order valence-electron chi connectivity index (χ2n) is 4.84. The maximum atomic E-state index is 11.9. The van der Waals surface area contributed by atoms with Gasteiger partial charge in [0.25, 0.3) is 5.91 Å². The van der Waals surface area contributed by atoms with E-state index < -0.39 is 12.1 Å². The van der Waals surface area contributed by atoms with Gasteiger partial charge in [-0.05, 0) is 60.3 Å². The molecule has 0 aromatic heterocycles. The van der Waals surface area contributed by atoms with Crippen LogP contribution in [-0.4, -0.2) is 29.6 Å². The highest BCUT2D eigenvalue weighted by atomic mass is 79.9. The minimum Gasteiger partial charge on any atom is -0.481 e. The zero-order chi connectivity index (χ0) is 15.8. The number of hydrogen-bond acceptors (Lipinski definition) is 3. The second-order valence-corrected chi connectivity index (χ2v) is 5.69. The minimum atomic E-state index is -0.817. The Balaban J connectivity index is 2.35. The molecule has 0 saturated heterocycles. The van der Waals surface area contributed by atoms with E-state index in [1.54, 1.807) is 6.92 Å². The second kappa shape index (κ2) is 8.67. The van der Waals surface area contributed by atoms with E-state index in [0.717, 1.165) is 10.0 Å². The summed E-state index contributed by atoms with van der Waals surface area (Å²) in [6.45, 7) is 4.11. The Kier molecular flexibility index (Phi) is 7.22. The first-order chi connectivity index (χ1) is 9.90. The fourth-order valence-electron chi connectivity index (χ4n) is 1.70. The van der Waals surface area contributed by atoms with Crippen molar-refractivity contribution in [2.45, 2.75) is 39.2 Å². The number of halogens is 1. The van der Waals surface area contributed by atoms with Crippen LogP contribution in [0.5, 0.6) is 5.75 Å². The van der Waals surface area contributed by atoms with Gasteiger partial charge in [0, 0.05) is 13.0 Å². The molecule has 0 bridgehead atoms. The molecular formula is C15H20BrNO4. The van der Waals surface area contributed by atoms with Gasteiger partial charge in [-0.15, -0.1) is 0 Å². The third-order valence-electron chi connectivity index (χ3n) is 2.88. The molecule has 21 heavy (non-hydrogen) atoms. The molecule has 0 saturated carbocycles. The Hall–Kier alpha value is -1.56. The predicted octanol–water partition coefficient (Wildman–Crippen LogP) is 2.90. The summed E-state index contributed by atoms with van der Waals surface area (Å²) in [5, 5.41) is 11.2. The lowest BCUT2D eigenvalue weighted by atomic mass is 10.2. The molecule has 0 fully saturated rings. The summed E-state index contributed by atoms with van der Waals surface area (Å²) in [6, 6.07) is 5.65. The highest BCUT2D eigenvalue weighted by molar-refractivity contribution is 9.10. The predicted molar refractivity (Wildman–Crippen MR) is 83.5 cm³/mol. The molecule has 0 aliphatic heterocycles. The van der Waals surface area contributed by atoms with Crippen LogP contribution >= 0.6 is 15.9 Å². The summed E-state index contributed by atoms with van der Waals surface area (Å²) in [4.78, 5) is 22.2. The lowest BCUT2D eigenvalue weighted by Crippen LogP contribution is -2.36. The Morgan fingerprint density at radius 3 is 2.71 bits per heavy atom. The number of unbranched alkanes of at least 4 members (excludes halogenated alkanes) is 1. The fourth-order valence-corrected chi connectivity index (χ4v) is 2.29. The number of carbonyl (C=O) groups is 2. The number of rotatable bonds is 8. The molecule has 2 N–H and O–H groups in total. The van der Waals surface area contributed by atoms with Crippen molar-refractivity contribution in [1.29, 1.82) is 0 Å². The van der Waals surface area contributed by atoms with Crippen molar-refractivity contribution in [2.24, 2.45) is 0 Å². The molecule has 1 rings (SSSR count). The third-order valence-corrected chi connectivity index (χ3v) is 3.50. The number of carboxylic acid groups (broad SMARTS) is 1. The highest BCUT2D eigenvalue weighted by Gasteiger charge is 2.15. The number of amides is 1. The summed E-state index contributed by atoms with van der Waals surface area (Å²) < 4.78 is 6.41. The van der Waals surface area contributed by atoms with Crippen molar-refractivity contribution < 1.29 is 19.4 Å². The number of aliphatic carboxylic acids is 1. The first-order valence-corrected chi connectivity index (χ1v) is 7.61. The zero-order valence-corrected chi connectivity index (χ0v) is 13.8. The molecule has 1 aromatic carbocycles. The van der Waals surface area contributed by atoms with E-state index in [2.05, 4.69) is 21.2 Å². The van der Waals surface area contributed by atoms with Crippen LogP contribution in [0.25, 0.3) is 0 Å². The van der Waals surface area contributed by atoms with Crippen molar-refractivity contribution in [3.63, 3.8) is 0 Å². The maximum absolute atomic E-state index is 11.9. The molecule has 0 spiro atoms. The molecular weight excluding hydrogens is 338 g/mol. The number of aryl methyl sites for hydroxylation is 1. The van der Waals surface area contributed by atoms with Gasteiger partial charge in [0.2, 0.25) is 0 Å². The van der Waals surface area contributed by atoms with E-state index >= 15 is 0 Å². The van der Waals surface area contributed by atoms with E-state index in [9.17, 15) is 9.59 Å². The lowest BCUT2D eigenvalue weighted by Gasteiger charge is -2.16. The molecule has 0 radical (unpaired) electrons. The molecule has 6 heteroatoms. The smallest absolute Gasteiger partial charge is 0.303 e. The van der Waals surface area contributed by atoms with E-state index in [-0.39, 0.29) is 12.3 Å². The van der Waals surface area contributed by atoms with Gasteiger partial charge in [-0.2, -0.15) is 0 Å². The first-order valence-electron chi connectivity index (χ1n) is 6.82. The first kappa shape index (κ1) is 17.5. The average Bonchev–Trinajstić information content (AvgIpc) is 2.40. The van der Waals surface area contributed by atoms with Gasteiger partial charge in [-0.3, -0.25) is 9.59 Å². The molecule has 0 heterocycles. The molecule has 116 valence electrons. The SMILES string of the molecule is Cc1ccc(OC(C)C(=O)NCCCCC(=O)O)c(Br)c1. The van der Waals surface area contributed by atoms with Crippen LogP contribution in [0.4, 0.5) is 0 Å². The highest BCUT2D eigenvalue weighted by Crippen LogP contribution is 2.26. The quantitative estimate of drug-likeness (QED) is 0.701. The number of ether oxygens (including phenoxy) is 1. The largest absolute Gasteiger partial charge is 0.481 e. The van der Waals surface area contributed by atoms with Gasteiger partial charge >= 0.3 is 5.97 Å². The van der Waals surface area contributed by atoms with E-state index in [4.69, 9.17) is 9.84 Å². The van der Waals surface area contributed by atoms with Crippen molar-refractivity contribution >= 4 is 27.8 Å². The van der Waals surface area contributed by atoms with Crippen LogP contribution < -0.4 is 10.1 Å². The Morgan fingerprint density at radius 1 is 1.38 bits per heavy atom. The van der Waals surface area contributed by atoms with Crippen LogP contribution in [0.15, 0.2) is 22.7 Å². The Morgan fingerprint density at radius 2 is 2.10 bits per heavy atom. The standard InChI is InChI=1S/C15H20BrNO4/c1-10-6-7-13(12(16)9-10)21-11(2)15(20)17-8-4-3-5-14(18)19/h6-7,9,11H,3-5,8H2,1-2H3,(H,17,20)(H,18,19).